The number of aromatic nitrogens is 4. The highest BCUT2D eigenvalue weighted by Crippen LogP contribution is 2.14. The molecule has 0 bridgehead atoms. The maximum Gasteiger partial charge on any atom is 0.332 e. The third-order valence-corrected chi connectivity index (χ3v) is 5.36. The van der Waals surface area contributed by atoms with Gasteiger partial charge in [0, 0.05) is 14.1 Å². The quantitative estimate of drug-likeness (QED) is 0.585. The first-order valence-corrected chi connectivity index (χ1v) is 8.99. The molecule has 2 N–H and O–H groups in total. The van der Waals surface area contributed by atoms with E-state index in [-0.39, 0.29) is 17.3 Å². The number of fused-ring (bicyclic) bond motifs is 1. The fourth-order valence-electron chi connectivity index (χ4n) is 3.30. The van der Waals surface area contributed by atoms with Gasteiger partial charge in [0.1, 0.15) is 12.1 Å². The van der Waals surface area contributed by atoms with Crippen molar-refractivity contribution in [3.8, 4) is 0 Å². The summed E-state index contributed by atoms with van der Waals surface area (Å²) in [5, 5.41) is 10.6. The number of aliphatic hydroxyl groups is 1. The van der Waals surface area contributed by atoms with Gasteiger partial charge >= 0.3 is 5.69 Å². The Bertz CT molecular complexity index is 1050. The number of rotatable bonds is 6. The number of nitrogens with zero attached hydrogens (tertiary/aromatic N) is 4. The second kappa shape index (κ2) is 7.50. The van der Waals surface area contributed by atoms with E-state index in [0.29, 0.717) is 24.3 Å². The van der Waals surface area contributed by atoms with Gasteiger partial charge in [-0.15, -0.1) is 0 Å². The summed E-state index contributed by atoms with van der Waals surface area (Å²) < 4.78 is 4.26. The fraction of sp³-hybridized carbons (Fsp3) is 0.421. The van der Waals surface area contributed by atoms with Crippen molar-refractivity contribution in [2.24, 2.45) is 14.1 Å². The van der Waals surface area contributed by atoms with Crippen molar-refractivity contribution < 1.29 is 10.0 Å². The second-order valence-corrected chi connectivity index (χ2v) is 7.06. The van der Waals surface area contributed by atoms with Crippen LogP contribution in [0.3, 0.4) is 0 Å². The molecule has 0 fully saturated rings. The summed E-state index contributed by atoms with van der Waals surface area (Å²) in [6.07, 6.45) is 1.02. The molecule has 0 saturated carbocycles. The molecule has 0 aliphatic rings. The maximum atomic E-state index is 12.5. The number of likely N-dealkylation sites (N-methyl/N-ethyl adjacent to an activating group) is 1. The van der Waals surface area contributed by atoms with Crippen molar-refractivity contribution in [3.63, 3.8) is 0 Å². The zero-order valence-corrected chi connectivity index (χ0v) is 16.1. The monoisotopic (exact) mass is 372 g/mol. The van der Waals surface area contributed by atoms with Crippen molar-refractivity contribution in [2.45, 2.75) is 25.6 Å². The van der Waals surface area contributed by atoms with Crippen molar-refractivity contribution in [1.82, 2.24) is 18.7 Å². The van der Waals surface area contributed by atoms with Crippen LogP contribution in [-0.2, 0) is 20.6 Å². The standard InChI is InChI=1S/C19H25N5O3/c1-13(16(25)14-8-6-5-7-9-14)21(2)10-11-24-12-20-17-15(24)18(26)23(4)19(27)22(17)3/h5-9,12-13,16,25H,10-11H2,1-4H3/p+1/t13-,16-/m0/s1. The smallest absolute Gasteiger partial charge is 0.332 e. The van der Waals surface area contributed by atoms with Crippen LogP contribution in [0.5, 0.6) is 0 Å². The fourth-order valence-corrected chi connectivity index (χ4v) is 3.30. The third-order valence-electron chi connectivity index (χ3n) is 5.36. The number of aryl methyl sites for hydroxylation is 1. The average molecular weight is 372 g/mol. The summed E-state index contributed by atoms with van der Waals surface area (Å²) in [7, 11) is 5.10. The van der Waals surface area contributed by atoms with Gasteiger partial charge in [-0.3, -0.25) is 13.9 Å². The predicted octanol–water partition coefficient (Wildman–Crippen LogP) is -0.929. The Morgan fingerprint density at radius 3 is 2.48 bits per heavy atom. The Labute approximate surface area is 156 Å². The largest absolute Gasteiger partial charge is 0.382 e. The minimum absolute atomic E-state index is 0.0191. The van der Waals surface area contributed by atoms with E-state index in [0.717, 1.165) is 15.0 Å². The highest BCUT2D eigenvalue weighted by molar-refractivity contribution is 5.69. The van der Waals surface area contributed by atoms with Crippen LogP contribution >= 0.6 is 0 Å². The first-order valence-electron chi connectivity index (χ1n) is 8.99. The molecule has 0 spiro atoms. The lowest BCUT2D eigenvalue weighted by Gasteiger charge is -2.26. The first kappa shape index (κ1) is 19.1. The SMILES string of the molecule is C[C@@H]([C@H](O)c1ccccc1)[NH+](C)CCn1cnc2c1c(=O)n(C)c(=O)n2C. The minimum atomic E-state index is -0.570. The Balaban J connectivity index is 1.79. The molecule has 3 atom stereocenters. The predicted molar refractivity (Wildman–Crippen MR) is 103 cm³/mol. The molecule has 0 saturated heterocycles. The van der Waals surface area contributed by atoms with Gasteiger partial charge in [0.2, 0.25) is 0 Å². The van der Waals surface area contributed by atoms with Crippen LogP contribution in [0, 0.1) is 0 Å². The zero-order valence-electron chi connectivity index (χ0n) is 16.1. The van der Waals surface area contributed by atoms with E-state index in [4.69, 9.17) is 0 Å². The average Bonchev–Trinajstić information content (AvgIpc) is 3.12. The molecule has 1 unspecified atom stereocenters. The molecule has 144 valence electrons. The lowest BCUT2D eigenvalue weighted by Crippen LogP contribution is -3.13. The number of hydrogen-bond donors (Lipinski definition) is 2. The van der Waals surface area contributed by atoms with Gasteiger partial charge in [-0.25, -0.2) is 9.78 Å². The first-order chi connectivity index (χ1) is 12.8. The van der Waals surface area contributed by atoms with E-state index in [1.165, 1.54) is 11.6 Å². The van der Waals surface area contributed by atoms with E-state index in [1.807, 2.05) is 44.3 Å². The minimum Gasteiger partial charge on any atom is -0.382 e. The normalized spacial score (nSPS) is 15.0. The van der Waals surface area contributed by atoms with Crippen LogP contribution in [0.25, 0.3) is 11.2 Å². The van der Waals surface area contributed by atoms with Crippen molar-refractivity contribution in [3.05, 3.63) is 63.1 Å². The Morgan fingerprint density at radius 1 is 1.15 bits per heavy atom. The summed E-state index contributed by atoms with van der Waals surface area (Å²) in [6.45, 7) is 3.26. The number of aliphatic hydroxyl groups excluding tert-OH is 1. The van der Waals surface area contributed by atoms with E-state index >= 15 is 0 Å². The maximum absolute atomic E-state index is 12.5. The van der Waals surface area contributed by atoms with Crippen LogP contribution in [0.15, 0.2) is 46.2 Å². The van der Waals surface area contributed by atoms with Crippen LogP contribution in [0.1, 0.15) is 18.6 Å². The number of quaternary nitrogens is 1. The lowest BCUT2D eigenvalue weighted by molar-refractivity contribution is -0.909. The number of hydrogen-bond acceptors (Lipinski definition) is 4. The topological polar surface area (TPSA) is 86.5 Å². The molecular weight excluding hydrogens is 346 g/mol. The van der Waals surface area contributed by atoms with Gasteiger partial charge in [-0.05, 0) is 12.5 Å². The van der Waals surface area contributed by atoms with Crippen molar-refractivity contribution in [1.29, 1.82) is 0 Å². The molecular formula is C19H26N5O3+. The molecule has 0 aliphatic heterocycles. The van der Waals surface area contributed by atoms with Gasteiger partial charge in [-0.2, -0.15) is 0 Å². The molecule has 0 aliphatic carbocycles. The molecule has 0 amide bonds. The van der Waals surface area contributed by atoms with Crippen LogP contribution in [-0.4, -0.2) is 43.4 Å². The van der Waals surface area contributed by atoms with Gasteiger partial charge in [-0.1, -0.05) is 30.3 Å². The van der Waals surface area contributed by atoms with Gasteiger partial charge in [0.15, 0.2) is 11.2 Å². The molecule has 27 heavy (non-hydrogen) atoms. The Kier molecular flexibility index (Phi) is 5.29. The molecule has 0 radical (unpaired) electrons. The molecule has 8 heteroatoms. The second-order valence-electron chi connectivity index (χ2n) is 7.06. The van der Waals surface area contributed by atoms with E-state index in [2.05, 4.69) is 4.98 Å². The molecule has 2 heterocycles. The van der Waals surface area contributed by atoms with Crippen LogP contribution in [0.2, 0.25) is 0 Å². The van der Waals surface area contributed by atoms with Gasteiger partial charge in [0.25, 0.3) is 5.56 Å². The summed E-state index contributed by atoms with van der Waals surface area (Å²) in [5.74, 6) is 0. The molecule has 3 rings (SSSR count). The number of benzene rings is 1. The van der Waals surface area contributed by atoms with E-state index in [9.17, 15) is 14.7 Å². The zero-order chi connectivity index (χ0) is 19.7. The summed E-state index contributed by atoms with van der Waals surface area (Å²) in [6, 6.07) is 9.57. The van der Waals surface area contributed by atoms with Crippen LogP contribution < -0.4 is 16.1 Å². The highest BCUT2D eigenvalue weighted by atomic mass is 16.3. The Morgan fingerprint density at radius 2 is 1.81 bits per heavy atom. The summed E-state index contributed by atoms with van der Waals surface area (Å²) in [5.41, 5.74) is 0.962. The van der Waals surface area contributed by atoms with Crippen molar-refractivity contribution >= 4 is 11.2 Å². The molecule has 8 nitrogen and oxygen atoms in total. The third kappa shape index (κ3) is 3.45. The van der Waals surface area contributed by atoms with Gasteiger partial charge < -0.3 is 14.6 Å². The van der Waals surface area contributed by atoms with Gasteiger partial charge in [0.05, 0.1) is 26.5 Å². The van der Waals surface area contributed by atoms with Crippen LogP contribution in [0.4, 0.5) is 0 Å². The van der Waals surface area contributed by atoms with E-state index < -0.39 is 6.10 Å². The van der Waals surface area contributed by atoms with Crippen molar-refractivity contribution in [2.75, 3.05) is 13.6 Å². The molecule has 3 aromatic rings. The number of nitrogens with one attached hydrogen (secondary N) is 1. The summed E-state index contributed by atoms with van der Waals surface area (Å²) >= 11 is 0. The molecule has 1 aromatic carbocycles. The number of imidazole rings is 1. The molecule has 2 aromatic heterocycles. The lowest BCUT2D eigenvalue weighted by atomic mass is 10.0. The highest BCUT2D eigenvalue weighted by Gasteiger charge is 2.24. The van der Waals surface area contributed by atoms with E-state index in [1.54, 1.807) is 17.9 Å². The Hall–Kier alpha value is -2.71. The summed E-state index contributed by atoms with van der Waals surface area (Å²) in [4.78, 5) is 29.9.